The third-order valence-electron chi connectivity index (χ3n) is 3.82. The van der Waals surface area contributed by atoms with Crippen LogP contribution in [0.3, 0.4) is 0 Å². The second kappa shape index (κ2) is 4.46. The van der Waals surface area contributed by atoms with Gasteiger partial charge in [-0.1, -0.05) is 30.3 Å². The van der Waals surface area contributed by atoms with Crippen molar-refractivity contribution < 1.29 is 9.90 Å². The van der Waals surface area contributed by atoms with Crippen LogP contribution in [-0.4, -0.2) is 21.4 Å². The summed E-state index contributed by atoms with van der Waals surface area (Å²) in [7, 11) is 0. The molecule has 1 aromatic rings. The third kappa shape index (κ3) is 2.02. The molecule has 1 aromatic carbocycles. The molecule has 90 valence electrons. The standard InChI is InChI=1S/C14H16O2S/c15-11-8-10-6-7-12(17-10)13(11)14(16)9-4-2-1-3-5-9/h1-5,10,12-14,16H,6-8H2/t10-,12+,13-,14-/m0/s1. The van der Waals surface area contributed by atoms with Gasteiger partial charge in [0.1, 0.15) is 5.78 Å². The zero-order valence-electron chi connectivity index (χ0n) is 9.58. The van der Waals surface area contributed by atoms with Gasteiger partial charge in [0.25, 0.3) is 0 Å². The first-order chi connectivity index (χ1) is 8.25. The summed E-state index contributed by atoms with van der Waals surface area (Å²) in [6, 6.07) is 9.57. The molecule has 0 aliphatic carbocycles. The van der Waals surface area contributed by atoms with Gasteiger partial charge in [0.05, 0.1) is 12.0 Å². The van der Waals surface area contributed by atoms with E-state index in [4.69, 9.17) is 0 Å². The van der Waals surface area contributed by atoms with Crippen molar-refractivity contribution in [3.05, 3.63) is 35.9 Å². The molecular weight excluding hydrogens is 232 g/mol. The average Bonchev–Trinajstić information content (AvgIpc) is 2.73. The largest absolute Gasteiger partial charge is 0.388 e. The zero-order chi connectivity index (χ0) is 11.8. The molecule has 2 heterocycles. The van der Waals surface area contributed by atoms with Gasteiger partial charge in [-0.2, -0.15) is 11.8 Å². The van der Waals surface area contributed by atoms with Crippen LogP contribution in [0, 0.1) is 5.92 Å². The Hall–Kier alpha value is -0.800. The van der Waals surface area contributed by atoms with Gasteiger partial charge >= 0.3 is 0 Å². The first-order valence-corrected chi connectivity index (χ1v) is 7.11. The maximum atomic E-state index is 12.1. The molecule has 2 aliphatic rings. The van der Waals surface area contributed by atoms with E-state index in [-0.39, 0.29) is 11.7 Å². The molecule has 1 N–H and O–H groups in total. The number of rotatable bonds is 2. The fraction of sp³-hybridized carbons (Fsp3) is 0.500. The van der Waals surface area contributed by atoms with E-state index in [1.165, 1.54) is 0 Å². The number of carbonyl (C=O) groups excluding carboxylic acids is 1. The highest BCUT2D eigenvalue weighted by atomic mass is 32.2. The summed E-state index contributed by atoms with van der Waals surface area (Å²) in [5.74, 6) is 0.0637. The minimum atomic E-state index is -0.625. The van der Waals surface area contributed by atoms with Gasteiger partial charge in [0.2, 0.25) is 0 Å². The second-order valence-electron chi connectivity index (χ2n) is 4.93. The molecule has 17 heavy (non-hydrogen) atoms. The summed E-state index contributed by atoms with van der Waals surface area (Å²) in [5.41, 5.74) is 0.872. The van der Waals surface area contributed by atoms with Crippen LogP contribution in [0.5, 0.6) is 0 Å². The van der Waals surface area contributed by atoms with Crippen molar-refractivity contribution in [2.45, 2.75) is 35.9 Å². The molecule has 3 heteroatoms. The van der Waals surface area contributed by atoms with Gasteiger partial charge < -0.3 is 5.11 Å². The van der Waals surface area contributed by atoms with E-state index in [1.807, 2.05) is 42.1 Å². The molecule has 0 saturated carbocycles. The fourth-order valence-electron chi connectivity index (χ4n) is 2.95. The van der Waals surface area contributed by atoms with Crippen LogP contribution in [0.4, 0.5) is 0 Å². The Labute approximate surface area is 105 Å². The minimum absolute atomic E-state index is 0.193. The number of carbonyl (C=O) groups is 1. The summed E-state index contributed by atoms with van der Waals surface area (Å²) in [6.45, 7) is 0. The molecule has 2 nitrogen and oxygen atoms in total. The van der Waals surface area contributed by atoms with Crippen LogP contribution in [0.25, 0.3) is 0 Å². The first kappa shape index (κ1) is 11.3. The molecule has 0 radical (unpaired) electrons. The van der Waals surface area contributed by atoms with Crippen molar-refractivity contribution >= 4 is 17.5 Å². The van der Waals surface area contributed by atoms with Crippen molar-refractivity contribution in [2.75, 3.05) is 0 Å². The van der Waals surface area contributed by atoms with Crippen LogP contribution in [-0.2, 0) is 4.79 Å². The molecule has 0 aromatic heterocycles. The van der Waals surface area contributed by atoms with E-state index >= 15 is 0 Å². The molecule has 0 unspecified atom stereocenters. The Morgan fingerprint density at radius 1 is 1.24 bits per heavy atom. The number of thioether (sulfide) groups is 1. The zero-order valence-corrected chi connectivity index (χ0v) is 10.4. The Morgan fingerprint density at radius 3 is 2.76 bits per heavy atom. The molecule has 2 fully saturated rings. The number of hydrogen-bond donors (Lipinski definition) is 1. The highest BCUT2D eigenvalue weighted by Gasteiger charge is 2.45. The summed E-state index contributed by atoms with van der Waals surface area (Å²) in [6.07, 6.45) is 2.24. The molecule has 2 bridgehead atoms. The highest BCUT2D eigenvalue weighted by Crippen LogP contribution is 2.48. The van der Waals surface area contributed by atoms with Gasteiger partial charge in [-0.15, -0.1) is 0 Å². The van der Waals surface area contributed by atoms with Gasteiger partial charge in [-0.05, 0) is 18.4 Å². The number of aliphatic hydroxyl groups excluding tert-OH is 1. The average molecular weight is 248 g/mol. The van der Waals surface area contributed by atoms with E-state index in [2.05, 4.69) is 0 Å². The Bertz CT molecular complexity index is 417. The van der Waals surface area contributed by atoms with Crippen LogP contribution in [0.1, 0.15) is 30.9 Å². The van der Waals surface area contributed by atoms with Gasteiger partial charge in [0.15, 0.2) is 0 Å². The number of aliphatic hydroxyl groups is 1. The van der Waals surface area contributed by atoms with E-state index < -0.39 is 6.10 Å². The monoisotopic (exact) mass is 248 g/mol. The summed E-state index contributed by atoms with van der Waals surface area (Å²) in [5, 5.41) is 11.3. The maximum absolute atomic E-state index is 12.1. The van der Waals surface area contributed by atoms with Crippen LogP contribution < -0.4 is 0 Å². The van der Waals surface area contributed by atoms with E-state index in [0.717, 1.165) is 18.4 Å². The number of fused-ring (bicyclic) bond motifs is 2. The predicted molar refractivity (Wildman–Crippen MR) is 68.9 cm³/mol. The van der Waals surface area contributed by atoms with Crippen molar-refractivity contribution in [3.63, 3.8) is 0 Å². The Balaban J connectivity index is 1.85. The number of hydrogen-bond acceptors (Lipinski definition) is 3. The lowest BCUT2D eigenvalue weighted by Crippen LogP contribution is -2.34. The molecule has 0 amide bonds. The smallest absolute Gasteiger partial charge is 0.141 e. The van der Waals surface area contributed by atoms with E-state index in [1.54, 1.807) is 0 Å². The molecular formula is C14H16O2S. The Kier molecular flexibility index (Phi) is 2.97. The van der Waals surface area contributed by atoms with Crippen LogP contribution in [0.15, 0.2) is 30.3 Å². The van der Waals surface area contributed by atoms with Crippen LogP contribution >= 0.6 is 11.8 Å². The molecule has 0 spiro atoms. The molecule has 2 saturated heterocycles. The highest BCUT2D eigenvalue weighted by molar-refractivity contribution is 8.00. The number of Topliss-reactive ketones (excluding diaryl/α,β-unsaturated/α-hetero) is 1. The lowest BCUT2D eigenvalue weighted by molar-refractivity contribution is -0.126. The quantitative estimate of drug-likeness (QED) is 0.874. The van der Waals surface area contributed by atoms with Crippen molar-refractivity contribution in [1.82, 2.24) is 0 Å². The number of benzene rings is 1. The Morgan fingerprint density at radius 2 is 2.00 bits per heavy atom. The summed E-state index contributed by atoms with van der Waals surface area (Å²) in [4.78, 5) is 12.1. The second-order valence-corrected chi connectivity index (χ2v) is 6.47. The summed E-state index contributed by atoms with van der Waals surface area (Å²) >= 11 is 1.91. The molecule has 2 aliphatic heterocycles. The number of ketones is 1. The van der Waals surface area contributed by atoms with Crippen LogP contribution in [0.2, 0.25) is 0 Å². The van der Waals surface area contributed by atoms with Gasteiger partial charge in [-0.25, -0.2) is 0 Å². The van der Waals surface area contributed by atoms with Gasteiger partial charge in [0, 0.05) is 16.9 Å². The normalized spacial score (nSPS) is 33.7. The predicted octanol–water partition coefficient (Wildman–Crippen LogP) is 2.57. The lowest BCUT2D eigenvalue weighted by Gasteiger charge is -2.31. The molecule has 4 atom stereocenters. The molecule has 3 rings (SSSR count). The third-order valence-corrected chi connectivity index (χ3v) is 5.49. The van der Waals surface area contributed by atoms with Gasteiger partial charge in [-0.3, -0.25) is 4.79 Å². The summed E-state index contributed by atoms with van der Waals surface area (Å²) < 4.78 is 0. The van der Waals surface area contributed by atoms with Crippen molar-refractivity contribution in [3.8, 4) is 0 Å². The topological polar surface area (TPSA) is 37.3 Å². The SMILES string of the molecule is O=C1C[C@@H]2CC[C@@H](S2)[C@H]1[C@@H](O)c1ccccc1. The van der Waals surface area contributed by atoms with Crippen molar-refractivity contribution in [1.29, 1.82) is 0 Å². The maximum Gasteiger partial charge on any atom is 0.141 e. The lowest BCUT2D eigenvalue weighted by atomic mass is 9.88. The minimum Gasteiger partial charge on any atom is -0.388 e. The first-order valence-electron chi connectivity index (χ1n) is 6.17. The van der Waals surface area contributed by atoms with E-state index in [9.17, 15) is 9.90 Å². The fourth-order valence-corrected chi connectivity index (χ4v) is 4.72. The van der Waals surface area contributed by atoms with Crippen molar-refractivity contribution in [2.24, 2.45) is 5.92 Å². The van der Waals surface area contributed by atoms with E-state index in [0.29, 0.717) is 16.9 Å².